The number of benzene rings is 1. The van der Waals surface area contributed by atoms with E-state index in [2.05, 4.69) is 22.1 Å². The average Bonchev–Trinajstić information content (AvgIpc) is 2.78. The van der Waals surface area contributed by atoms with Crippen LogP contribution in [0, 0.1) is 0 Å². The molecular weight excluding hydrogens is 204 g/mol. The number of aromatic nitrogens is 4. The van der Waals surface area contributed by atoms with E-state index in [0.29, 0.717) is 12.1 Å². The van der Waals surface area contributed by atoms with Gasteiger partial charge in [-0.05, 0) is 10.4 Å². The summed E-state index contributed by atoms with van der Waals surface area (Å²) < 4.78 is 1.42. The van der Waals surface area contributed by atoms with E-state index in [1.165, 1.54) is 4.68 Å². The van der Waals surface area contributed by atoms with Gasteiger partial charge in [-0.25, -0.2) is 4.68 Å². The maximum atomic E-state index is 12.0. The number of carbonyl (C=O) groups is 1. The van der Waals surface area contributed by atoms with E-state index in [1.54, 1.807) is 30.3 Å². The molecule has 0 N–H and O–H groups in total. The van der Waals surface area contributed by atoms with Gasteiger partial charge in [0, 0.05) is 5.56 Å². The van der Waals surface area contributed by atoms with Gasteiger partial charge in [-0.2, -0.15) is 0 Å². The van der Waals surface area contributed by atoms with Crippen LogP contribution >= 0.6 is 0 Å². The van der Waals surface area contributed by atoms with Crippen LogP contribution in [0.5, 0.6) is 0 Å². The Morgan fingerprint density at radius 1 is 1.38 bits per heavy atom. The van der Waals surface area contributed by atoms with Gasteiger partial charge in [0.15, 0.2) is 0 Å². The van der Waals surface area contributed by atoms with Crippen LogP contribution in [0.2, 0.25) is 0 Å². The van der Waals surface area contributed by atoms with Gasteiger partial charge in [-0.1, -0.05) is 36.4 Å². The highest BCUT2D eigenvalue weighted by molar-refractivity contribution is 6.06. The van der Waals surface area contributed by atoms with Crippen molar-refractivity contribution in [2.75, 3.05) is 0 Å². The summed E-state index contributed by atoms with van der Waals surface area (Å²) >= 11 is 0. The van der Waals surface area contributed by atoms with E-state index in [9.17, 15) is 4.79 Å². The molecule has 0 spiro atoms. The molecule has 80 valence electrons. The highest BCUT2D eigenvalue weighted by Gasteiger charge is 2.16. The minimum absolute atomic E-state index is 0.188. The third-order valence-corrected chi connectivity index (χ3v) is 2.07. The van der Waals surface area contributed by atoms with Crippen molar-refractivity contribution in [2.24, 2.45) is 0 Å². The second-order valence-electron chi connectivity index (χ2n) is 3.17. The summed E-state index contributed by atoms with van der Waals surface area (Å²) in [5.74, 6) is 0.0403. The lowest BCUT2D eigenvalue weighted by Crippen LogP contribution is -2.12. The Hall–Kier alpha value is -2.30. The van der Waals surface area contributed by atoms with E-state index in [-0.39, 0.29) is 11.6 Å². The molecule has 0 saturated heterocycles. The normalized spacial score (nSPS) is 10.0. The Morgan fingerprint density at radius 2 is 2.12 bits per heavy atom. The first kappa shape index (κ1) is 10.2. The van der Waals surface area contributed by atoms with Crippen LogP contribution in [0.3, 0.4) is 0 Å². The molecule has 0 amide bonds. The first-order valence-electron chi connectivity index (χ1n) is 4.79. The highest BCUT2D eigenvalue weighted by Crippen LogP contribution is 2.06. The van der Waals surface area contributed by atoms with Crippen molar-refractivity contribution in [3.8, 4) is 0 Å². The smallest absolute Gasteiger partial charge is 0.231 e. The number of ketones is 1. The molecule has 1 heterocycles. The largest absolute Gasteiger partial charge is 0.285 e. The van der Waals surface area contributed by atoms with Gasteiger partial charge in [0.2, 0.25) is 11.6 Å². The summed E-state index contributed by atoms with van der Waals surface area (Å²) in [5, 5.41) is 10.9. The molecule has 0 aliphatic carbocycles. The topological polar surface area (TPSA) is 60.7 Å². The Labute approximate surface area is 92.4 Å². The first-order chi connectivity index (χ1) is 7.83. The number of hydrogen-bond donors (Lipinski definition) is 0. The highest BCUT2D eigenvalue weighted by atomic mass is 16.1. The molecule has 0 aliphatic rings. The molecule has 0 aliphatic heterocycles. The predicted octanol–water partition coefficient (Wildman–Crippen LogP) is 1.09. The monoisotopic (exact) mass is 214 g/mol. The van der Waals surface area contributed by atoms with Crippen molar-refractivity contribution in [1.29, 1.82) is 0 Å². The SMILES string of the molecule is C=CCn1nnnc1C(=O)c1ccccc1. The summed E-state index contributed by atoms with van der Waals surface area (Å²) in [5.41, 5.74) is 0.572. The van der Waals surface area contributed by atoms with Crippen molar-refractivity contribution in [2.45, 2.75) is 6.54 Å². The van der Waals surface area contributed by atoms with Crippen LogP contribution in [-0.2, 0) is 6.54 Å². The third-order valence-electron chi connectivity index (χ3n) is 2.07. The second-order valence-corrected chi connectivity index (χ2v) is 3.17. The quantitative estimate of drug-likeness (QED) is 0.564. The van der Waals surface area contributed by atoms with Crippen LogP contribution in [0.4, 0.5) is 0 Å². The lowest BCUT2D eigenvalue weighted by molar-refractivity contribution is 0.102. The lowest BCUT2D eigenvalue weighted by Gasteiger charge is -2.00. The minimum atomic E-state index is -0.188. The minimum Gasteiger partial charge on any atom is -0.285 e. The van der Waals surface area contributed by atoms with E-state index < -0.39 is 0 Å². The van der Waals surface area contributed by atoms with E-state index in [1.807, 2.05) is 6.07 Å². The molecule has 0 saturated carbocycles. The molecule has 5 nitrogen and oxygen atoms in total. The average molecular weight is 214 g/mol. The molecule has 2 aromatic rings. The molecule has 0 atom stereocenters. The number of rotatable bonds is 4. The molecule has 1 aromatic carbocycles. The van der Waals surface area contributed by atoms with Gasteiger partial charge in [0.1, 0.15) is 0 Å². The molecule has 0 bridgehead atoms. The zero-order chi connectivity index (χ0) is 11.4. The molecule has 1 aromatic heterocycles. The lowest BCUT2D eigenvalue weighted by atomic mass is 10.1. The van der Waals surface area contributed by atoms with E-state index in [0.717, 1.165) is 0 Å². The standard InChI is InChI=1S/C11H10N4O/c1-2-8-15-11(12-13-14-15)10(16)9-6-4-3-5-7-9/h2-7H,1,8H2. The van der Waals surface area contributed by atoms with Crippen LogP contribution in [-0.4, -0.2) is 26.0 Å². The summed E-state index contributed by atoms with van der Waals surface area (Å²) in [6.07, 6.45) is 1.64. The van der Waals surface area contributed by atoms with Gasteiger partial charge in [0.25, 0.3) is 0 Å². The third kappa shape index (κ3) is 1.88. The number of carbonyl (C=O) groups excluding carboxylic acids is 1. The van der Waals surface area contributed by atoms with Crippen molar-refractivity contribution < 1.29 is 4.79 Å². The number of tetrazole rings is 1. The van der Waals surface area contributed by atoms with Crippen LogP contribution in [0.15, 0.2) is 43.0 Å². The van der Waals surface area contributed by atoms with Crippen LogP contribution in [0.25, 0.3) is 0 Å². The summed E-state index contributed by atoms with van der Waals surface area (Å²) in [7, 11) is 0. The van der Waals surface area contributed by atoms with Gasteiger partial charge in [-0.15, -0.1) is 11.7 Å². The van der Waals surface area contributed by atoms with E-state index in [4.69, 9.17) is 0 Å². The predicted molar refractivity (Wildman–Crippen MR) is 57.9 cm³/mol. The number of nitrogens with zero attached hydrogens (tertiary/aromatic N) is 4. The fourth-order valence-electron chi connectivity index (χ4n) is 1.33. The van der Waals surface area contributed by atoms with Crippen molar-refractivity contribution in [3.63, 3.8) is 0 Å². The van der Waals surface area contributed by atoms with Crippen LogP contribution < -0.4 is 0 Å². The Bertz CT molecular complexity index is 504. The molecule has 0 fully saturated rings. The summed E-state index contributed by atoms with van der Waals surface area (Å²) in [4.78, 5) is 12.0. The maximum Gasteiger partial charge on any atom is 0.231 e. The number of allylic oxidation sites excluding steroid dienone is 1. The van der Waals surface area contributed by atoms with Gasteiger partial charge >= 0.3 is 0 Å². The van der Waals surface area contributed by atoms with Crippen LogP contribution in [0.1, 0.15) is 16.2 Å². The summed E-state index contributed by atoms with van der Waals surface area (Å²) in [6.45, 7) is 4.00. The Balaban J connectivity index is 2.34. The summed E-state index contributed by atoms with van der Waals surface area (Å²) in [6, 6.07) is 8.91. The van der Waals surface area contributed by atoms with Crippen molar-refractivity contribution >= 4 is 5.78 Å². The molecule has 0 unspecified atom stereocenters. The molecule has 5 heteroatoms. The van der Waals surface area contributed by atoms with Gasteiger partial charge < -0.3 is 0 Å². The second kappa shape index (κ2) is 4.48. The van der Waals surface area contributed by atoms with Crippen molar-refractivity contribution in [3.05, 3.63) is 54.4 Å². The Kier molecular flexibility index (Phi) is 2.86. The molecular formula is C11H10N4O. The van der Waals surface area contributed by atoms with Crippen molar-refractivity contribution in [1.82, 2.24) is 20.2 Å². The van der Waals surface area contributed by atoms with Gasteiger partial charge in [-0.3, -0.25) is 4.79 Å². The zero-order valence-corrected chi connectivity index (χ0v) is 8.58. The first-order valence-corrected chi connectivity index (χ1v) is 4.79. The van der Waals surface area contributed by atoms with E-state index >= 15 is 0 Å². The molecule has 0 radical (unpaired) electrons. The molecule has 2 rings (SSSR count). The van der Waals surface area contributed by atoms with Gasteiger partial charge in [0.05, 0.1) is 6.54 Å². The zero-order valence-electron chi connectivity index (χ0n) is 8.58. The Morgan fingerprint density at radius 3 is 2.81 bits per heavy atom. The molecule has 16 heavy (non-hydrogen) atoms. The maximum absolute atomic E-state index is 12.0. The number of hydrogen-bond acceptors (Lipinski definition) is 4. The fraction of sp³-hybridized carbons (Fsp3) is 0.0909. The fourth-order valence-corrected chi connectivity index (χ4v) is 1.33.